The van der Waals surface area contributed by atoms with Gasteiger partial charge < -0.3 is 10.2 Å². The molecule has 150 valence electrons. The monoisotopic (exact) mass is 389 g/mol. The molecule has 2 N–H and O–H groups in total. The number of amides is 1. The minimum Gasteiger partial charge on any atom is -0.379 e. The van der Waals surface area contributed by atoms with Gasteiger partial charge in [0, 0.05) is 18.4 Å². The molecule has 0 atom stereocenters. The highest BCUT2D eigenvalue weighted by molar-refractivity contribution is 5.80. The zero-order valence-corrected chi connectivity index (χ0v) is 16.9. The molecule has 0 unspecified atom stereocenters. The molecular weight excluding hydrogens is 362 g/mol. The van der Waals surface area contributed by atoms with Crippen LogP contribution in [0.1, 0.15) is 49.7 Å². The van der Waals surface area contributed by atoms with Gasteiger partial charge in [0.15, 0.2) is 5.75 Å². The number of benzene rings is 2. The molecule has 1 fully saturated rings. The van der Waals surface area contributed by atoms with Gasteiger partial charge in [0.1, 0.15) is 5.82 Å². The summed E-state index contributed by atoms with van der Waals surface area (Å²) in [6, 6.07) is 18.9. The van der Waals surface area contributed by atoms with E-state index in [4.69, 9.17) is 9.82 Å². The van der Waals surface area contributed by atoms with Gasteiger partial charge in [0.05, 0.1) is 5.52 Å². The zero-order valence-electron chi connectivity index (χ0n) is 16.9. The second-order valence-corrected chi connectivity index (χ2v) is 7.81. The molecule has 0 aliphatic heterocycles. The van der Waals surface area contributed by atoms with Crippen molar-refractivity contribution in [2.24, 2.45) is 0 Å². The normalized spacial score (nSPS) is 19.0. The summed E-state index contributed by atoms with van der Waals surface area (Å²) in [5.41, 5.74) is 5.87. The van der Waals surface area contributed by atoms with Crippen LogP contribution in [0.4, 0.5) is 5.82 Å². The van der Waals surface area contributed by atoms with Crippen molar-refractivity contribution in [2.75, 3.05) is 5.32 Å². The number of hydrogen-bond donors (Lipinski definition) is 2. The Balaban J connectivity index is 1.39. The number of aromatic nitrogens is 1. The smallest absolute Gasteiger partial charge is 0.249 e. The standard InChI is InChI=1S/C24H27N3O2/c1-16-21(7-5-9-23(16)29-27-17(2)28)18-10-13-20(14-11-18)25-24-15-12-19-6-3-4-8-22(19)26-24/h3-9,12,15,18,20H,10-11,13-14H2,1-2H3,(H,25,26)(H,27,28). The predicted octanol–water partition coefficient (Wildman–Crippen LogP) is 5.11. The molecule has 0 spiro atoms. The molecule has 1 aliphatic carbocycles. The van der Waals surface area contributed by atoms with E-state index in [1.807, 2.05) is 24.3 Å². The molecule has 4 rings (SSSR count). The third kappa shape index (κ3) is 4.50. The van der Waals surface area contributed by atoms with E-state index in [-0.39, 0.29) is 5.91 Å². The molecule has 3 aromatic rings. The number of pyridine rings is 1. The fourth-order valence-corrected chi connectivity index (χ4v) is 4.22. The molecule has 0 bridgehead atoms. The Labute approximate surface area is 171 Å². The number of rotatable bonds is 5. The maximum Gasteiger partial charge on any atom is 0.249 e. The number of anilines is 1. The Morgan fingerprint density at radius 3 is 2.59 bits per heavy atom. The van der Waals surface area contributed by atoms with E-state index in [0.29, 0.717) is 12.0 Å². The molecule has 5 nitrogen and oxygen atoms in total. The largest absolute Gasteiger partial charge is 0.379 e. The Morgan fingerprint density at radius 1 is 1.00 bits per heavy atom. The van der Waals surface area contributed by atoms with E-state index in [1.54, 1.807) is 0 Å². The number of hydroxylamine groups is 1. The lowest BCUT2D eigenvalue weighted by Crippen LogP contribution is -2.26. The average molecular weight is 389 g/mol. The van der Waals surface area contributed by atoms with Gasteiger partial charge in [0.2, 0.25) is 5.91 Å². The first kappa shape index (κ1) is 19.2. The van der Waals surface area contributed by atoms with E-state index in [2.05, 4.69) is 48.1 Å². The summed E-state index contributed by atoms with van der Waals surface area (Å²) in [5.74, 6) is 1.98. The van der Waals surface area contributed by atoms with Crippen molar-refractivity contribution in [1.29, 1.82) is 0 Å². The van der Waals surface area contributed by atoms with E-state index in [1.165, 1.54) is 17.9 Å². The maximum absolute atomic E-state index is 11.1. The maximum atomic E-state index is 11.1. The topological polar surface area (TPSA) is 63.2 Å². The Bertz CT molecular complexity index is 1010. The minimum atomic E-state index is -0.205. The number of nitrogens with one attached hydrogen (secondary N) is 2. The molecule has 0 saturated heterocycles. The van der Waals surface area contributed by atoms with Crippen molar-refractivity contribution in [3.8, 4) is 5.75 Å². The zero-order chi connectivity index (χ0) is 20.2. The van der Waals surface area contributed by atoms with Gasteiger partial charge in [-0.3, -0.25) is 4.79 Å². The summed E-state index contributed by atoms with van der Waals surface area (Å²) < 4.78 is 0. The highest BCUT2D eigenvalue weighted by Crippen LogP contribution is 2.37. The van der Waals surface area contributed by atoms with Gasteiger partial charge in [0.25, 0.3) is 0 Å². The summed E-state index contributed by atoms with van der Waals surface area (Å²) >= 11 is 0. The fourth-order valence-electron chi connectivity index (χ4n) is 4.22. The molecule has 2 aromatic carbocycles. The fraction of sp³-hybridized carbons (Fsp3) is 0.333. The quantitative estimate of drug-likeness (QED) is 0.595. The van der Waals surface area contributed by atoms with Gasteiger partial charge in [-0.05, 0) is 73.9 Å². The second kappa shape index (κ2) is 8.52. The van der Waals surface area contributed by atoms with E-state index in [0.717, 1.165) is 48.3 Å². The molecule has 1 aromatic heterocycles. The lowest BCUT2D eigenvalue weighted by Gasteiger charge is -2.30. The lowest BCUT2D eigenvalue weighted by atomic mass is 9.80. The summed E-state index contributed by atoms with van der Waals surface area (Å²) in [6.45, 7) is 3.51. The van der Waals surface area contributed by atoms with Crippen LogP contribution in [0.25, 0.3) is 10.9 Å². The van der Waals surface area contributed by atoms with Crippen LogP contribution in [-0.4, -0.2) is 16.9 Å². The van der Waals surface area contributed by atoms with Crippen molar-refractivity contribution < 1.29 is 9.63 Å². The highest BCUT2D eigenvalue weighted by atomic mass is 16.7. The molecular formula is C24H27N3O2. The number of fused-ring (bicyclic) bond motifs is 1. The van der Waals surface area contributed by atoms with Crippen LogP contribution in [-0.2, 0) is 4.79 Å². The number of nitrogens with zero attached hydrogens (tertiary/aromatic N) is 1. The van der Waals surface area contributed by atoms with Crippen molar-refractivity contribution in [2.45, 2.75) is 51.5 Å². The summed E-state index contributed by atoms with van der Waals surface area (Å²) in [5, 5.41) is 4.79. The van der Waals surface area contributed by atoms with Gasteiger partial charge in [-0.25, -0.2) is 4.98 Å². The van der Waals surface area contributed by atoms with Crippen molar-refractivity contribution in [3.05, 3.63) is 65.7 Å². The van der Waals surface area contributed by atoms with Crippen LogP contribution < -0.4 is 15.6 Å². The Morgan fingerprint density at radius 2 is 1.79 bits per heavy atom. The van der Waals surface area contributed by atoms with Crippen molar-refractivity contribution in [1.82, 2.24) is 10.5 Å². The van der Waals surface area contributed by atoms with Crippen molar-refractivity contribution >= 4 is 22.6 Å². The Hall–Kier alpha value is -3.08. The number of hydrogen-bond acceptors (Lipinski definition) is 4. The molecule has 29 heavy (non-hydrogen) atoms. The molecule has 1 heterocycles. The van der Waals surface area contributed by atoms with Crippen molar-refractivity contribution in [3.63, 3.8) is 0 Å². The summed E-state index contributed by atoms with van der Waals surface area (Å²) in [6.07, 6.45) is 4.45. The molecule has 1 saturated carbocycles. The molecule has 0 radical (unpaired) electrons. The van der Waals surface area contributed by atoms with Crippen LogP contribution in [0.5, 0.6) is 5.75 Å². The third-order valence-electron chi connectivity index (χ3n) is 5.75. The second-order valence-electron chi connectivity index (χ2n) is 7.81. The van der Waals surface area contributed by atoms with Crippen LogP contribution in [0, 0.1) is 6.92 Å². The van der Waals surface area contributed by atoms with E-state index < -0.39 is 0 Å². The van der Waals surface area contributed by atoms with Crippen LogP contribution in [0.2, 0.25) is 0 Å². The first-order chi connectivity index (χ1) is 14.1. The van der Waals surface area contributed by atoms with Gasteiger partial charge in [-0.15, -0.1) is 0 Å². The van der Waals surface area contributed by atoms with Crippen LogP contribution in [0.15, 0.2) is 54.6 Å². The first-order valence-electron chi connectivity index (χ1n) is 10.3. The van der Waals surface area contributed by atoms with Crippen LogP contribution >= 0.6 is 0 Å². The van der Waals surface area contributed by atoms with Crippen LogP contribution in [0.3, 0.4) is 0 Å². The summed E-state index contributed by atoms with van der Waals surface area (Å²) in [7, 11) is 0. The first-order valence-corrected chi connectivity index (χ1v) is 10.3. The lowest BCUT2D eigenvalue weighted by molar-refractivity contribution is -0.125. The van der Waals surface area contributed by atoms with Gasteiger partial charge >= 0.3 is 0 Å². The SMILES string of the molecule is CC(=O)NOc1cccc(C2CCC(Nc3ccc4ccccc4n3)CC2)c1C. The van der Waals surface area contributed by atoms with Gasteiger partial charge in [-0.1, -0.05) is 30.3 Å². The Kier molecular flexibility index (Phi) is 5.65. The average Bonchev–Trinajstić information content (AvgIpc) is 2.73. The minimum absolute atomic E-state index is 0.205. The van der Waals surface area contributed by atoms with Gasteiger partial charge in [-0.2, -0.15) is 5.48 Å². The number of carbonyl (C=O) groups is 1. The number of para-hydroxylation sites is 1. The molecule has 5 heteroatoms. The molecule has 1 aliphatic rings. The highest BCUT2D eigenvalue weighted by Gasteiger charge is 2.24. The van der Waals surface area contributed by atoms with E-state index >= 15 is 0 Å². The molecule has 1 amide bonds. The third-order valence-corrected chi connectivity index (χ3v) is 5.75. The predicted molar refractivity (Wildman–Crippen MR) is 116 cm³/mol. The number of carbonyl (C=O) groups excluding carboxylic acids is 1. The summed E-state index contributed by atoms with van der Waals surface area (Å²) in [4.78, 5) is 21.3. The van der Waals surface area contributed by atoms with E-state index in [9.17, 15) is 4.79 Å².